The van der Waals surface area contributed by atoms with Crippen molar-refractivity contribution in [2.75, 3.05) is 0 Å². The molecule has 0 N–H and O–H groups in total. The van der Waals surface area contributed by atoms with Crippen LogP contribution in [0.2, 0.25) is 0 Å². The Kier molecular flexibility index (Phi) is 6.05. The molecule has 11 rings (SSSR count). The molecule has 0 unspecified atom stereocenters. The van der Waals surface area contributed by atoms with Crippen molar-refractivity contribution in [1.29, 1.82) is 0 Å². The molecule has 0 spiro atoms. The number of furan rings is 1. The van der Waals surface area contributed by atoms with E-state index in [1.165, 1.54) is 36.7 Å². The van der Waals surface area contributed by atoms with Gasteiger partial charge in [0.15, 0.2) is 5.58 Å². The van der Waals surface area contributed by atoms with Crippen LogP contribution in [0.15, 0.2) is 163 Å². The van der Waals surface area contributed by atoms with Gasteiger partial charge in [-0.3, -0.25) is 15.0 Å². The van der Waals surface area contributed by atoms with E-state index in [1.54, 1.807) is 0 Å². The number of hydrogen-bond donors (Lipinski definition) is 0. The number of thiophene rings is 1. The monoisotopic (exact) mass is 670 g/mol. The van der Waals surface area contributed by atoms with Crippen LogP contribution < -0.4 is 0 Å². The number of fused-ring (bicyclic) bond motifs is 9. The average molecular weight is 671 g/mol. The zero-order valence-corrected chi connectivity index (χ0v) is 27.9. The first-order chi connectivity index (χ1) is 25.2. The third-order valence-corrected chi connectivity index (χ3v) is 11.2. The maximum absolute atomic E-state index is 6.14. The summed E-state index contributed by atoms with van der Waals surface area (Å²) < 4.78 is 11.0. The van der Waals surface area contributed by atoms with Crippen LogP contribution in [0.3, 0.4) is 0 Å². The van der Waals surface area contributed by atoms with E-state index >= 15 is 0 Å². The van der Waals surface area contributed by atoms with Crippen LogP contribution in [0.25, 0.3) is 103 Å². The molecule has 0 aliphatic rings. The number of aromatic nitrogens is 4. The van der Waals surface area contributed by atoms with Crippen LogP contribution in [0.4, 0.5) is 0 Å². The molecule has 5 nitrogen and oxygen atoms in total. The lowest BCUT2D eigenvalue weighted by atomic mass is 9.94. The van der Waals surface area contributed by atoms with Gasteiger partial charge in [-0.15, -0.1) is 11.3 Å². The molecule has 51 heavy (non-hydrogen) atoms. The van der Waals surface area contributed by atoms with Crippen molar-refractivity contribution < 1.29 is 4.42 Å². The first-order valence-corrected chi connectivity index (χ1v) is 17.7. The predicted molar refractivity (Wildman–Crippen MR) is 211 cm³/mol. The van der Waals surface area contributed by atoms with Gasteiger partial charge in [0.2, 0.25) is 0 Å². The van der Waals surface area contributed by atoms with Crippen LogP contribution in [-0.2, 0) is 0 Å². The molecule has 11 aromatic rings. The molecule has 0 fully saturated rings. The van der Waals surface area contributed by atoms with Crippen molar-refractivity contribution in [3.8, 4) is 39.1 Å². The Balaban J connectivity index is 1.13. The molecule has 5 aromatic carbocycles. The van der Waals surface area contributed by atoms with Crippen LogP contribution in [0.5, 0.6) is 0 Å². The summed E-state index contributed by atoms with van der Waals surface area (Å²) in [7, 11) is 0. The minimum absolute atomic E-state index is 0.791. The summed E-state index contributed by atoms with van der Waals surface area (Å²) in [6, 6.07) is 45.6. The fraction of sp³-hybridized carbons (Fsp3) is 0. The van der Waals surface area contributed by atoms with Crippen LogP contribution in [0, 0.1) is 0 Å². The molecule has 238 valence electrons. The van der Waals surface area contributed by atoms with Crippen LogP contribution in [-0.4, -0.2) is 19.5 Å². The third kappa shape index (κ3) is 4.43. The van der Waals surface area contributed by atoms with Gasteiger partial charge in [0.25, 0.3) is 0 Å². The maximum atomic E-state index is 6.14. The van der Waals surface area contributed by atoms with Gasteiger partial charge in [0, 0.05) is 73.0 Å². The van der Waals surface area contributed by atoms with Gasteiger partial charge in [-0.25, -0.2) is 0 Å². The fourth-order valence-electron chi connectivity index (χ4n) is 7.62. The molecule has 0 bridgehead atoms. The van der Waals surface area contributed by atoms with E-state index in [4.69, 9.17) is 4.42 Å². The second-order valence-corrected chi connectivity index (χ2v) is 14.0. The Bertz CT molecular complexity index is 3120. The Morgan fingerprint density at radius 3 is 2.08 bits per heavy atom. The van der Waals surface area contributed by atoms with Gasteiger partial charge in [0.1, 0.15) is 11.1 Å². The van der Waals surface area contributed by atoms with Gasteiger partial charge >= 0.3 is 0 Å². The number of hydrogen-bond acceptors (Lipinski definition) is 5. The molecule has 0 atom stereocenters. The van der Waals surface area contributed by atoms with E-state index in [9.17, 15) is 0 Å². The predicted octanol–water partition coefficient (Wildman–Crippen LogP) is 12.2. The summed E-state index contributed by atoms with van der Waals surface area (Å²) in [6.07, 6.45) is 9.51. The molecule has 0 aliphatic carbocycles. The Hall–Kier alpha value is -6.63. The summed E-state index contributed by atoms with van der Waals surface area (Å²) in [6.45, 7) is 0. The van der Waals surface area contributed by atoms with E-state index in [2.05, 4.69) is 135 Å². The highest BCUT2D eigenvalue weighted by molar-refractivity contribution is 7.25. The van der Waals surface area contributed by atoms with Gasteiger partial charge < -0.3 is 8.98 Å². The molecule has 0 saturated carbocycles. The number of pyridine rings is 3. The molecule has 0 aliphatic heterocycles. The fourth-order valence-corrected chi connectivity index (χ4v) is 8.68. The molecule has 6 heterocycles. The highest BCUT2D eigenvalue weighted by Crippen LogP contribution is 2.40. The lowest BCUT2D eigenvalue weighted by Gasteiger charge is -2.15. The SMILES string of the molecule is c1cc(-c2cc(-c3ccc4oc5cccnc5c4c3)cc(-n3c4ccccc4c4cnccc43)c2)cc(-c2ccc3sc4ccncc4c3c2)c1. The normalized spacial score (nSPS) is 11.9. The molecular weight excluding hydrogens is 645 g/mol. The summed E-state index contributed by atoms with van der Waals surface area (Å²) in [5.41, 5.74) is 12.7. The first-order valence-electron chi connectivity index (χ1n) is 16.9. The largest absolute Gasteiger partial charge is 0.454 e. The Morgan fingerprint density at radius 1 is 0.451 bits per heavy atom. The van der Waals surface area contributed by atoms with Crippen LogP contribution in [0.1, 0.15) is 0 Å². The third-order valence-electron chi connectivity index (χ3n) is 10.0. The second kappa shape index (κ2) is 10.9. The van der Waals surface area contributed by atoms with E-state index in [1.807, 2.05) is 54.5 Å². The molecule has 0 amide bonds. The van der Waals surface area contributed by atoms with Gasteiger partial charge in [-0.2, -0.15) is 0 Å². The minimum atomic E-state index is 0.791. The van der Waals surface area contributed by atoms with Crippen LogP contribution >= 0.6 is 11.3 Å². The van der Waals surface area contributed by atoms with E-state index in [0.717, 1.165) is 66.4 Å². The van der Waals surface area contributed by atoms with Crippen molar-refractivity contribution >= 4 is 75.4 Å². The van der Waals surface area contributed by atoms with Crippen molar-refractivity contribution in [1.82, 2.24) is 19.5 Å². The Labute approximate surface area is 295 Å². The number of para-hydroxylation sites is 1. The topological polar surface area (TPSA) is 56.7 Å². The minimum Gasteiger partial charge on any atom is -0.454 e. The zero-order valence-electron chi connectivity index (χ0n) is 27.1. The lowest BCUT2D eigenvalue weighted by molar-refractivity contribution is 0.668. The average Bonchev–Trinajstić information content (AvgIpc) is 3.87. The highest BCUT2D eigenvalue weighted by atomic mass is 32.1. The molecule has 6 heteroatoms. The number of nitrogens with zero attached hydrogens (tertiary/aromatic N) is 4. The number of rotatable bonds is 4. The van der Waals surface area contributed by atoms with E-state index < -0.39 is 0 Å². The van der Waals surface area contributed by atoms with Crippen molar-refractivity contribution in [2.24, 2.45) is 0 Å². The van der Waals surface area contributed by atoms with Crippen molar-refractivity contribution in [3.63, 3.8) is 0 Å². The molecular formula is C45H26N4OS. The van der Waals surface area contributed by atoms with E-state index in [-0.39, 0.29) is 0 Å². The molecule has 0 radical (unpaired) electrons. The highest BCUT2D eigenvalue weighted by Gasteiger charge is 2.16. The van der Waals surface area contributed by atoms with Gasteiger partial charge in [-0.1, -0.05) is 48.5 Å². The lowest BCUT2D eigenvalue weighted by Crippen LogP contribution is -1.96. The zero-order chi connectivity index (χ0) is 33.5. The Morgan fingerprint density at radius 2 is 1.16 bits per heavy atom. The maximum Gasteiger partial charge on any atom is 0.153 e. The second-order valence-electron chi connectivity index (χ2n) is 12.9. The summed E-state index contributed by atoms with van der Waals surface area (Å²) in [5.74, 6) is 0. The van der Waals surface area contributed by atoms with Crippen molar-refractivity contribution in [3.05, 3.63) is 158 Å². The quantitative estimate of drug-likeness (QED) is 0.187. The summed E-state index contributed by atoms with van der Waals surface area (Å²) in [4.78, 5) is 13.6. The van der Waals surface area contributed by atoms with Gasteiger partial charge in [0.05, 0.1) is 11.0 Å². The first kappa shape index (κ1) is 28.2. The number of benzene rings is 5. The molecule has 0 saturated heterocycles. The van der Waals surface area contributed by atoms with Gasteiger partial charge in [-0.05, 0) is 112 Å². The molecule has 6 aromatic heterocycles. The summed E-state index contributed by atoms with van der Waals surface area (Å²) in [5, 5.41) is 5.76. The summed E-state index contributed by atoms with van der Waals surface area (Å²) >= 11 is 1.81. The smallest absolute Gasteiger partial charge is 0.153 e. The van der Waals surface area contributed by atoms with E-state index in [0.29, 0.717) is 0 Å². The standard InChI is InChI=1S/C45H26N4OS/c1-2-8-39-34(7-1)37-25-46-17-14-40(37)49(39)33-21-31(20-32(22-33)30-10-12-41-36(24-30)45-42(50-41)9-4-16-48-45)28-6-3-5-27(19-28)29-11-13-43-35(23-29)38-26-47-18-15-44(38)51-43/h1-26H. The van der Waals surface area contributed by atoms with Crippen molar-refractivity contribution in [2.45, 2.75) is 0 Å².